The lowest BCUT2D eigenvalue weighted by atomic mass is 10.1. The highest BCUT2D eigenvalue weighted by atomic mass is 28.3. The van der Waals surface area contributed by atoms with E-state index in [9.17, 15) is 0 Å². The van der Waals surface area contributed by atoms with E-state index in [0.29, 0.717) is 0 Å². The predicted octanol–water partition coefficient (Wildman–Crippen LogP) is 4.41. The van der Waals surface area contributed by atoms with Crippen molar-refractivity contribution in [3.63, 3.8) is 0 Å². The average Bonchev–Trinajstić information content (AvgIpc) is 2.73. The number of aromatic amines is 1. The molecule has 1 N–H and O–H groups in total. The zero-order valence-electron chi connectivity index (χ0n) is 14.0. The third kappa shape index (κ3) is 2.60. The molecule has 3 rings (SSSR count). The molecule has 0 aliphatic heterocycles. The Bertz CT molecular complexity index is 748. The molecule has 3 heteroatoms. The van der Waals surface area contributed by atoms with Gasteiger partial charge in [-0.15, -0.1) is 0 Å². The highest BCUT2D eigenvalue weighted by Gasteiger charge is 2.19. The minimum absolute atomic E-state index is 1.25. The van der Waals surface area contributed by atoms with Gasteiger partial charge in [-0.1, -0.05) is 73.9 Å². The number of aromatic nitrogens is 1. The van der Waals surface area contributed by atoms with E-state index < -0.39 is 16.1 Å². The highest BCUT2D eigenvalue weighted by Crippen LogP contribution is 2.25. The quantitative estimate of drug-likeness (QED) is 0.675. The van der Waals surface area contributed by atoms with Crippen molar-refractivity contribution in [1.82, 2.24) is 4.98 Å². The standard InChI is InChI=1S/C18H25NSi2/c1-20(2,3)13-7-9-15-16-10-8-14(21(4,5)6)12-18(16)19-17(15)11-13/h7-12,19H,1-6H3. The fourth-order valence-electron chi connectivity index (χ4n) is 2.84. The molecule has 1 heterocycles. The van der Waals surface area contributed by atoms with Crippen LogP contribution in [0.4, 0.5) is 0 Å². The van der Waals surface area contributed by atoms with Gasteiger partial charge >= 0.3 is 0 Å². The van der Waals surface area contributed by atoms with E-state index in [1.54, 1.807) is 0 Å². The monoisotopic (exact) mass is 311 g/mol. The summed E-state index contributed by atoms with van der Waals surface area (Å²) < 4.78 is 0. The molecule has 0 atom stereocenters. The molecule has 21 heavy (non-hydrogen) atoms. The molecule has 0 bridgehead atoms. The zero-order chi connectivity index (χ0) is 15.4. The lowest BCUT2D eigenvalue weighted by Crippen LogP contribution is -2.37. The van der Waals surface area contributed by atoms with Gasteiger partial charge in [-0.05, 0) is 12.1 Å². The van der Waals surface area contributed by atoms with E-state index in [1.165, 1.54) is 32.2 Å². The second-order valence-corrected chi connectivity index (χ2v) is 18.3. The molecule has 0 radical (unpaired) electrons. The van der Waals surface area contributed by atoms with E-state index >= 15 is 0 Å². The van der Waals surface area contributed by atoms with Gasteiger partial charge in [0.1, 0.15) is 0 Å². The number of rotatable bonds is 2. The third-order valence-electron chi connectivity index (χ3n) is 4.33. The molecule has 1 nitrogen and oxygen atoms in total. The fraction of sp³-hybridized carbons (Fsp3) is 0.333. The molecule has 1 aromatic heterocycles. The molecular formula is C18H25NSi2. The summed E-state index contributed by atoms with van der Waals surface area (Å²) in [5.41, 5.74) is 2.58. The first-order valence-electron chi connectivity index (χ1n) is 7.73. The number of benzene rings is 2. The van der Waals surface area contributed by atoms with Crippen molar-refractivity contribution in [2.24, 2.45) is 0 Å². The summed E-state index contributed by atoms with van der Waals surface area (Å²) in [5.74, 6) is 0. The number of hydrogen-bond acceptors (Lipinski definition) is 0. The van der Waals surface area contributed by atoms with Crippen molar-refractivity contribution in [2.45, 2.75) is 39.3 Å². The first kappa shape index (κ1) is 14.6. The van der Waals surface area contributed by atoms with Crippen molar-refractivity contribution in [1.29, 1.82) is 0 Å². The molecule has 3 aromatic rings. The smallest absolute Gasteiger partial charge is 0.0776 e. The van der Waals surface area contributed by atoms with Crippen LogP contribution in [-0.4, -0.2) is 21.1 Å². The first-order valence-corrected chi connectivity index (χ1v) is 14.7. The number of H-pyrrole nitrogens is 1. The van der Waals surface area contributed by atoms with Crippen molar-refractivity contribution in [3.8, 4) is 0 Å². The van der Waals surface area contributed by atoms with E-state index in [1.807, 2.05) is 0 Å². The van der Waals surface area contributed by atoms with Crippen LogP contribution in [0.3, 0.4) is 0 Å². The minimum Gasteiger partial charge on any atom is -0.355 e. The molecule has 0 aliphatic rings. The number of hydrogen-bond donors (Lipinski definition) is 1. The summed E-state index contributed by atoms with van der Waals surface area (Å²) in [6.07, 6.45) is 0. The maximum absolute atomic E-state index is 3.65. The molecule has 0 spiro atoms. The van der Waals surface area contributed by atoms with Crippen LogP contribution in [0.25, 0.3) is 21.8 Å². The van der Waals surface area contributed by atoms with Gasteiger partial charge < -0.3 is 4.98 Å². The Morgan fingerprint density at radius 2 is 1.00 bits per heavy atom. The second kappa shape index (κ2) is 4.58. The van der Waals surface area contributed by atoms with E-state index in [2.05, 4.69) is 80.7 Å². The minimum atomic E-state index is -1.25. The molecule has 0 saturated heterocycles. The largest absolute Gasteiger partial charge is 0.355 e. The van der Waals surface area contributed by atoms with Gasteiger partial charge in [0.25, 0.3) is 0 Å². The van der Waals surface area contributed by atoms with Crippen LogP contribution < -0.4 is 10.4 Å². The Balaban J connectivity index is 2.24. The summed E-state index contributed by atoms with van der Waals surface area (Å²) in [5, 5.41) is 5.75. The van der Waals surface area contributed by atoms with Gasteiger partial charge in [0.15, 0.2) is 0 Å². The van der Waals surface area contributed by atoms with Crippen molar-refractivity contribution >= 4 is 48.3 Å². The summed E-state index contributed by atoms with van der Waals surface area (Å²) in [4.78, 5) is 3.65. The summed E-state index contributed by atoms with van der Waals surface area (Å²) in [6, 6.07) is 14.0. The van der Waals surface area contributed by atoms with Crippen LogP contribution in [0, 0.1) is 0 Å². The van der Waals surface area contributed by atoms with E-state index in [4.69, 9.17) is 0 Å². The predicted molar refractivity (Wildman–Crippen MR) is 102 cm³/mol. The molecule has 2 aromatic carbocycles. The number of fused-ring (bicyclic) bond motifs is 3. The van der Waals surface area contributed by atoms with E-state index in [0.717, 1.165) is 0 Å². The Kier molecular flexibility index (Phi) is 3.19. The Morgan fingerprint density at radius 1 is 0.619 bits per heavy atom. The molecular weight excluding hydrogens is 286 g/mol. The van der Waals surface area contributed by atoms with Gasteiger partial charge in [0.05, 0.1) is 16.1 Å². The summed E-state index contributed by atoms with van der Waals surface area (Å²) >= 11 is 0. The number of nitrogens with one attached hydrogen (secondary N) is 1. The van der Waals surface area contributed by atoms with E-state index in [-0.39, 0.29) is 0 Å². The second-order valence-electron chi connectivity index (χ2n) is 8.15. The van der Waals surface area contributed by atoms with Gasteiger partial charge in [-0.2, -0.15) is 0 Å². The van der Waals surface area contributed by atoms with Crippen molar-refractivity contribution < 1.29 is 0 Å². The Hall–Kier alpha value is -1.33. The highest BCUT2D eigenvalue weighted by molar-refractivity contribution is 6.89. The van der Waals surface area contributed by atoms with Crippen molar-refractivity contribution in [3.05, 3.63) is 36.4 Å². The van der Waals surface area contributed by atoms with Crippen LogP contribution in [0.15, 0.2) is 36.4 Å². The molecule has 110 valence electrons. The van der Waals surface area contributed by atoms with Crippen LogP contribution in [-0.2, 0) is 0 Å². The normalized spacial score (nSPS) is 13.2. The molecule has 0 saturated carbocycles. The van der Waals surface area contributed by atoms with Crippen LogP contribution >= 0.6 is 0 Å². The topological polar surface area (TPSA) is 15.8 Å². The summed E-state index contributed by atoms with van der Waals surface area (Å²) in [7, 11) is -2.51. The maximum Gasteiger partial charge on any atom is 0.0776 e. The van der Waals surface area contributed by atoms with Gasteiger partial charge in [0, 0.05) is 21.8 Å². The van der Waals surface area contributed by atoms with Crippen molar-refractivity contribution in [2.75, 3.05) is 0 Å². The molecule has 0 amide bonds. The fourth-order valence-corrected chi connectivity index (χ4v) is 5.16. The SMILES string of the molecule is C[Si](C)(C)c1ccc2c(c1)[nH]c1cc([Si](C)(C)C)ccc12. The Labute approximate surface area is 129 Å². The third-order valence-corrected chi connectivity index (χ3v) is 8.42. The van der Waals surface area contributed by atoms with Gasteiger partial charge in [-0.25, -0.2) is 0 Å². The van der Waals surface area contributed by atoms with Crippen LogP contribution in [0.2, 0.25) is 39.3 Å². The van der Waals surface area contributed by atoms with Crippen LogP contribution in [0.1, 0.15) is 0 Å². The average molecular weight is 312 g/mol. The first-order chi connectivity index (χ1) is 9.66. The molecule has 0 aliphatic carbocycles. The zero-order valence-corrected chi connectivity index (χ0v) is 16.0. The van der Waals surface area contributed by atoms with Crippen LogP contribution in [0.5, 0.6) is 0 Å². The summed E-state index contributed by atoms with van der Waals surface area (Å²) in [6.45, 7) is 14.4. The van der Waals surface area contributed by atoms with Gasteiger partial charge in [-0.3, -0.25) is 0 Å². The lowest BCUT2D eigenvalue weighted by molar-refractivity contribution is 1.55. The lowest BCUT2D eigenvalue weighted by Gasteiger charge is -2.16. The molecule has 0 fully saturated rings. The molecule has 0 unspecified atom stereocenters. The maximum atomic E-state index is 3.65. The van der Waals surface area contributed by atoms with Gasteiger partial charge in [0.2, 0.25) is 0 Å². The Morgan fingerprint density at radius 3 is 1.33 bits per heavy atom.